The van der Waals surface area contributed by atoms with Crippen LogP contribution in [0.3, 0.4) is 0 Å². The first-order chi connectivity index (χ1) is 2.81. The molecule has 38 valence electrons. The summed E-state index contributed by atoms with van der Waals surface area (Å²) >= 11 is 0. The fourth-order valence-electron chi connectivity index (χ4n) is 0.0962. The molecule has 0 amide bonds. The van der Waals surface area contributed by atoms with Gasteiger partial charge in [0.15, 0.2) is 21.0 Å². The molecular formula is CH8O3Si2. The maximum atomic E-state index is 8.29. The average Bonchev–Trinajstić information content (AvgIpc) is 1.65. The van der Waals surface area contributed by atoms with Gasteiger partial charge in [0, 0.05) is 0 Å². The quantitative estimate of drug-likeness (QED) is 0.312. The average molecular weight is 124 g/mol. The summed E-state index contributed by atoms with van der Waals surface area (Å²) in [6, 6.07) is 0. The van der Waals surface area contributed by atoms with Crippen molar-refractivity contribution in [3.05, 3.63) is 0 Å². The van der Waals surface area contributed by atoms with Gasteiger partial charge >= 0.3 is 0 Å². The monoisotopic (exact) mass is 124 g/mol. The second-order valence-corrected chi connectivity index (χ2v) is 1.72. The van der Waals surface area contributed by atoms with E-state index in [1.807, 2.05) is 0 Å². The van der Waals surface area contributed by atoms with E-state index >= 15 is 0 Å². The van der Waals surface area contributed by atoms with Gasteiger partial charge in [-0.25, -0.2) is 0 Å². The predicted molar refractivity (Wildman–Crippen MR) is 28.1 cm³/mol. The molecule has 0 radical (unpaired) electrons. The maximum absolute atomic E-state index is 8.29. The summed E-state index contributed by atoms with van der Waals surface area (Å²) in [7, 11) is 1.06. The molecule has 3 nitrogen and oxygen atoms in total. The highest BCUT2D eigenvalue weighted by molar-refractivity contribution is 5.99. The van der Waals surface area contributed by atoms with Crippen LogP contribution >= 0.6 is 0 Å². The number of aliphatic hydroxyl groups excluding tert-OH is 1. The molecule has 0 saturated carbocycles. The van der Waals surface area contributed by atoms with E-state index < -0.39 is 6.48 Å². The van der Waals surface area contributed by atoms with Gasteiger partial charge in [0.1, 0.15) is 0 Å². The number of rotatable bonds is 2. The first-order valence-corrected chi connectivity index (χ1v) is 3.18. The molecule has 6 heavy (non-hydrogen) atoms. The van der Waals surface area contributed by atoms with E-state index in [1.165, 1.54) is 0 Å². The van der Waals surface area contributed by atoms with Crippen LogP contribution < -0.4 is 0 Å². The van der Waals surface area contributed by atoms with Gasteiger partial charge in [-0.1, -0.05) is 0 Å². The standard InChI is InChI=1S/CH8O3Si2/c2-1(3-5)4-6/h1-2H,5-6H3. The third kappa shape index (κ3) is 2.55. The van der Waals surface area contributed by atoms with Gasteiger partial charge in [0.05, 0.1) is 0 Å². The van der Waals surface area contributed by atoms with Crippen LogP contribution in [-0.4, -0.2) is 32.6 Å². The smallest absolute Gasteiger partial charge is 0.248 e. The van der Waals surface area contributed by atoms with Crippen LogP contribution in [0.4, 0.5) is 0 Å². The zero-order valence-electron chi connectivity index (χ0n) is 3.84. The van der Waals surface area contributed by atoms with Crippen LogP contribution in [-0.2, 0) is 8.85 Å². The predicted octanol–water partition coefficient (Wildman–Crippen LogP) is -3.14. The summed E-state index contributed by atoms with van der Waals surface area (Å²) in [5.41, 5.74) is 0. The lowest BCUT2D eigenvalue weighted by molar-refractivity contribution is -0.155. The molecule has 0 fully saturated rings. The van der Waals surface area contributed by atoms with E-state index in [0.717, 1.165) is 0 Å². The summed E-state index contributed by atoms with van der Waals surface area (Å²) < 4.78 is 8.81. The normalized spacial score (nSPS) is 15.5. The Labute approximate surface area is 42.3 Å². The van der Waals surface area contributed by atoms with Crippen molar-refractivity contribution < 1.29 is 14.0 Å². The topological polar surface area (TPSA) is 38.7 Å². The largest absolute Gasteiger partial charge is 0.384 e. The molecule has 0 unspecified atom stereocenters. The van der Waals surface area contributed by atoms with E-state index in [1.54, 1.807) is 0 Å². The van der Waals surface area contributed by atoms with E-state index in [-0.39, 0.29) is 0 Å². The second kappa shape index (κ2) is 3.50. The van der Waals surface area contributed by atoms with Crippen LogP contribution in [0.5, 0.6) is 0 Å². The van der Waals surface area contributed by atoms with Crippen LogP contribution in [0.1, 0.15) is 0 Å². The summed E-state index contributed by atoms with van der Waals surface area (Å²) in [5, 5.41) is 8.29. The number of aliphatic hydroxyl groups is 1. The second-order valence-electron chi connectivity index (χ2n) is 0.778. The Balaban J connectivity index is 2.75. The third-order valence-electron chi connectivity index (χ3n) is 0.403. The van der Waals surface area contributed by atoms with Crippen LogP contribution in [0.2, 0.25) is 0 Å². The van der Waals surface area contributed by atoms with Gasteiger partial charge < -0.3 is 14.0 Å². The van der Waals surface area contributed by atoms with Crippen molar-refractivity contribution in [1.82, 2.24) is 0 Å². The van der Waals surface area contributed by atoms with Crippen molar-refractivity contribution in [3.63, 3.8) is 0 Å². The lowest BCUT2D eigenvalue weighted by Crippen LogP contribution is -2.11. The first-order valence-electron chi connectivity index (χ1n) is 1.55. The van der Waals surface area contributed by atoms with Crippen LogP contribution in [0.15, 0.2) is 0 Å². The molecule has 0 rings (SSSR count). The van der Waals surface area contributed by atoms with Crippen molar-refractivity contribution in [2.75, 3.05) is 0 Å². The van der Waals surface area contributed by atoms with Gasteiger partial charge in [0.2, 0.25) is 6.48 Å². The third-order valence-corrected chi connectivity index (χ3v) is 1.21. The molecule has 0 spiro atoms. The maximum Gasteiger partial charge on any atom is 0.248 e. The lowest BCUT2D eigenvalue weighted by Gasteiger charge is -2.03. The molecule has 5 heteroatoms. The minimum Gasteiger partial charge on any atom is -0.384 e. The van der Waals surface area contributed by atoms with Crippen LogP contribution in [0, 0.1) is 0 Å². The van der Waals surface area contributed by atoms with Gasteiger partial charge in [-0.3, -0.25) is 0 Å². The molecule has 0 aromatic carbocycles. The molecule has 0 heterocycles. The molecule has 0 aromatic rings. The Hall–Kier alpha value is 0.314. The van der Waals surface area contributed by atoms with Crippen molar-refractivity contribution in [2.24, 2.45) is 0 Å². The van der Waals surface area contributed by atoms with Gasteiger partial charge in [-0.2, -0.15) is 0 Å². The fourth-order valence-corrected chi connectivity index (χ4v) is 0.866. The van der Waals surface area contributed by atoms with Crippen molar-refractivity contribution >= 4 is 21.0 Å². The molecule has 0 saturated heterocycles. The summed E-state index contributed by atoms with van der Waals surface area (Å²) in [5.74, 6) is 0. The molecule has 0 aliphatic carbocycles. The summed E-state index contributed by atoms with van der Waals surface area (Å²) in [6.07, 6.45) is 0. The molecule has 0 aliphatic heterocycles. The van der Waals surface area contributed by atoms with Crippen LogP contribution in [0.25, 0.3) is 0 Å². The molecule has 0 aliphatic rings. The Morgan fingerprint density at radius 1 is 1.33 bits per heavy atom. The minimum absolute atomic E-state index is 0.530. The zero-order chi connectivity index (χ0) is 4.99. The van der Waals surface area contributed by atoms with Gasteiger partial charge in [-0.15, -0.1) is 0 Å². The van der Waals surface area contributed by atoms with Gasteiger partial charge in [0.25, 0.3) is 0 Å². The summed E-state index contributed by atoms with van der Waals surface area (Å²) in [6.45, 7) is -0.941. The summed E-state index contributed by atoms with van der Waals surface area (Å²) in [4.78, 5) is 0. The zero-order valence-corrected chi connectivity index (χ0v) is 7.84. The fraction of sp³-hybridized carbons (Fsp3) is 1.00. The minimum atomic E-state index is -0.941. The lowest BCUT2D eigenvalue weighted by atomic mass is 11.4. The Kier molecular flexibility index (Phi) is 3.69. The number of hydrogen-bond acceptors (Lipinski definition) is 3. The van der Waals surface area contributed by atoms with E-state index in [9.17, 15) is 0 Å². The van der Waals surface area contributed by atoms with E-state index in [4.69, 9.17) is 5.11 Å². The highest BCUT2D eigenvalue weighted by Gasteiger charge is 1.88. The van der Waals surface area contributed by atoms with Crippen molar-refractivity contribution in [2.45, 2.75) is 6.48 Å². The van der Waals surface area contributed by atoms with Gasteiger partial charge in [-0.05, 0) is 0 Å². The van der Waals surface area contributed by atoms with Crippen molar-refractivity contribution in [1.29, 1.82) is 0 Å². The molecular weight excluding hydrogens is 116 g/mol. The van der Waals surface area contributed by atoms with E-state index in [0.29, 0.717) is 21.0 Å². The SMILES string of the molecule is OC(O[SiH3])O[SiH3]. The molecule has 0 atom stereocenters. The molecule has 0 bridgehead atoms. The molecule has 1 N–H and O–H groups in total. The Morgan fingerprint density at radius 3 is 1.67 bits per heavy atom. The van der Waals surface area contributed by atoms with E-state index in [2.05, 4.69) is 8.85 Å². The highest BCUT2D eigenvalue weighted by atomic mass is 28.2. The molecule has 0 aromatic heterocycles. The Morgan fingerprint density at radius 2 is 1.67 bits per heavy atom. The highest BCUT2D eigenvalue weighted by Crippen LogP contribution is 1.76. The number of hydrogen-bond donors (Lipinski definition) is 1. The first kappa shape index (κ1) is 6.31. The van der Waals surface area contributed by atoms with Crippen molar-refractivity contribution in [3.8, 4) is 0 Å². The Bertz CT molecular complexity index is 28.0.